The third kappa shape index (κ3) is 5.92. The summed E-state index contributed by atoms with van der Waals surface area (Å²) >= 11 is 0. The van der Waals surface area contributed by atoms with E-state index >= 15 is 0 Å². The van der Waals surface area contributed by atoms with Crippen LogP contribution >= 0.6 is 0 Å². The molecule has 1 aliphatic rings. The zero-order chi connectivity index (χ0) is 22.2. The minimum absolute atomic E-state index is 0.0839. The van der Waals surface area contributed by atoms with Gasteiger partial charge in [-0.05, 0) is 31.0 Å². The molecule has 7 nitrogen and oxygen atoms in total. The van der Waals surface area contributed by atoms with Crippen molar-refractivity contribution >= 4 is 17.7 Å². The molecular weight excluding hydrogens is 392 g/mol. The van der Waals surface area contributed by atoms with Gasteiger partial charge in [0.05, 0.1) is 6.54 Å². The highest BCUT2D eigenvalue weighted by molar-refractivity contribution is 5.96. The SMILES string of the molecule is Cc1cccc(C(=O)N2CCN(C(=O)CCc3ccccc3)C(C(=O)NCCN)C2)c1. The molecule has 0 radical (unpaired) electrons. The highest BCUT2D eigenvalue weighted by Crippen LogP contribution is 2.17. The molecule has 7 heteroatoms. The summed E-state index contributed by atoms with van der Waals surface area (Å²) in [5.41, 5.74) is 8.18. The molecule has 1 unspecified atom stereocenters. The fourth-order valence-corrected chi connectivity index (χ4v) is 3.80. The minimum Gasteiger partial charge on any atom is -0.353 e. The van der Waals surface area contributed by atoms with Gasteiger partial charge in [0.15, 0.2) is 0 Å². The van der Waals surface area contributed by atoms with Crippen LogP contribution in [0.3, 0.4) is 0 Å². The molecule has 1 heterocycles. The van der Waals surface area contributed by atoms with E-state index in [1.54, 1.807) is 15.9 Å². The van der Waals surface area contributed by atoms with E-state index in [1.165, 1.54) is 0 Å². The van der Waals surface area contributed by atoms with E-state index in [-0.39, 0.29) is 24.3 Å². The zero-order valence-electron chi connectivity index (χ0n) is 17.9. The molecule has 1 atom stereocenters. The van der Waals surface area contributed by atoms with Gasteiger partial charge in [0.2, 0.25) is 11.8 Å². The van der Waals surface area contributed by atoms with Crippen molar-refractivity contribution in [3.63, 3.8) is 0 Å². The van der Waals surface area contributed by atoms with Gasteiger partial charge in [-0.3, -0.25) is 14.4 Å². The number of amides is 3. The topological polar surface area (TPSA) is 95.7 Å². The molecule has 1 saturated heterocycles. The quantitative estimate of drug-likeness (QED) is 0.704. The van der Waals surface area contributed by atoms with Crippen LogP contribution in [0.1, 0.15) is 27.9 Å². The summed E-state index contributed by atoms with van der Waals surface area (Å²) < 4.78 is 0. The van der Waals surface area contributed by atoms with E-state index < -0.39 is 6.04 Å². The van der Waals surface area contributed by atoms with Crippen molar-refractivity contribution in [1.82, 2.24) is 15.1 Å². The van der Waals surface area contributed by atoms with Gasteiger partial charge >= 0.3 is 0 Å². The van der Waals surface area contributed by atoms with Gasteiger partial charge in [0, 0.05) is 38.2 Å². The lowest BCUT2D eigenvalue weighted by Gasteiger charge is -2.40. The van der Waals surface area contributed by atoms with E-state index in [9.17, 15) is 14.4 Å². The molecule has 3 N–H and O–H groups in total. The molecule has 2 aromatic rings. The lowest BCUT2D eigenvalue weighted by molar-refractivity contribution is -0.143. The highest BCUT2D eigenvalue weighted by atomic mass is 16.2. The van der Waals surface area contributed by atoms with Crippen LogP contribution in [0, 0.1) is 6.92 Å². The fraction of sp³-hybridized carbons (Fsp3) is 0.375. The summed E-state index contributed by atoms with van der Waals surface area (Å²) in [6, 6.07) is 16.5. The number of hydrogen-bond donors (Lipinski definition) is 2. The van der Waals surface area contributed by atoms with Crippen molar-refractivity contribution in [3.05, 3.63) is 71.3 Å². The monoisotopic (exact) mass is 422 g/mol. The van der Waals surface area contributed by atoms with E-state index in [1.807, 2.05) is 55.5 Å². The summed E-state index contributed by atoms with van der Waals surface area (Å²) in [5, 5.41) is 2.77. The number of nitrogens with one attached hydrogen (secondary N) is 1. The Hall–Kier alpha value is -3.19. The van der Waals surface area contributed by atoms with Gasteiger partial charge in [0.1, 0.15) is 6.04 Å². The van der Waals surface area contributed by atoms with Gasteiger partial charge in [-0.15, -0.1) is 0 Å². The summed E-state index contributed by atoms with van der Waals surface area (Å²) in [5.74, 6) is -0.489. The summed E-state index contributed by atoms with van der Waals surface area (Å²) in [6.07, 6.45) is 0.926. The number of nitrogens with zero attached hydrogens (tertiary/aromatic N) is 2. The number of hydrogen-bond acceptors (Lipinski definition) is 4. The van der Waals surface area contributed by atoms with Crippen LogP contribution in [-0.2, 0) is 16.0 Å². The van der Waals surface area contributed by atoms with Crippen molar-refractivity contribution in [2.24, 2.45) is 5.73 Å². The standard InChI is InChI=1S/C24H30N4O3/c1-18-6-5-9-20(16-18)24(31)27-14-15-28(21(17-27)23(30)26-13-12-25)22(29)11-10-19-7-3-2-4-8-19/h2-9,16,21H,10-15,17,25H2,1H3,(H,26,30). The molecule has 31 heavy (non-hydrogen) atoms. The molecule has 1 aliphatic heterocycles. The average molecular weight is 423 g/mol. The molecule has 0 saturated carbocycles. The van der Waals surface area contributed by atoms with E-state index in [2.05, 4.69) is 5.32 Å². The van der Waals surface area contributed by atoms with E-state index in [0.29, 0.717) is 44.6 Å². The first kappa shape index (κ1) is 22.5. The van der Waals surface area contributed by atoms with Crippen molar-refractivity contribution in [1.29, 1.82) is 0 Å². The Balaban J connectivity index is 1.71. The van der Waals surface area contributed by atoms with Gasteiger partial charge in [-0.1, -0.05) is 48.0 Å². The fourth-order valence-electron chi connectivity index (χ4n) is 3.80. The maximum Gasteiger partial charge on any atom is 0.254 e. The van der Waals surface area contributed by atoms with Crippen LogP contribution in [0.25, 0.3) is 0 Å². The number of piperazine rings is 1. The molecule has 0 spiro atoms. The van der Waals surface area contributed by atoms with Crippen molar-refractivity contribution < 1.29 is 14.4 Å². The second kappa shape index (κ2) is 10.7. The second-order valence-corrected chi connectivity index (χ2v) is 7.79. The van der Waals surface area contributed by atoms with Gasteiger partial charge < -0.3 is 20.9 Å². The summed E-state index contributed by atoms with van der Waals surface area (Å²) in [7, 11) is 0. The van der Waals surface area contributed by atoms with Gasteiger partial charge in [-0.2, -0.15) is 0 Å². The first-order chi connectivity index (χ1) is 15.0. The first-order valence-electron chi connectivity index (χ1n) is 10.7. The Morgan fingerprint density at radius 1 is 1.06 bits per heavy atom. The van der Waals surface area contributed by atoms with E-state index in [4.69, 9.17) is 5.73 Å². The van der Waals surface area contributed by atoms with Crippen molar-refractivity contribution in [2.45, 2.75) is 25.8 Å². The predicted octanol–water partition coefficient (Wildman–Crippen LogP) is 1.36. The van der Waals surface area contributed by atoms with Crippen molar-refractivity contribution in [2.75, 3.05) is 32.7 Å². The molecule has 2 aromatic carbocycles. The van der Waals surface area contributed by atoms with Crippen LogP contribution in [0.5, 0.6) is 0 Å². The molecule has 0 aliphatic carbocycles. The number of benzene rings is 2. The Kier molecular flexibility index (Phi) is 7.78. The Labute approximate surface area is 183 Å². The maximum absolute atomic E-state index is 13.0. The molecule has 3 rings (SSSR count). The van der Waals surface area contributed by atoms with E-state index in [0.717, 1.165) is 11.1 Å². The zero-order valence-corrected chi connectivity index (χ0v) is 17.9. The second-order valence-electron chi connectivity index (χ2n) is 7.79. The molecule has 0 bridgehead atoms. The van der Waals surface area contributed by atoms with Crippen molar-refractivity contribution in [3.8, 4) is 0 Å². The number of rotatable bonds is 7. The number of nitrogens with two attached hydrogens (primary N) is 1. The van der Waals surface area contributed by atoms with Crippen LogP contribution in [-0.4, -0.2) is 66.3 Å². The van der Waals surface area contributed by atoms with Gasteiger partial charge in [0.25, 0.3) is 5.91 Å². The molecule has 164 valence electrons. The highest BCUT2D eigenvalue weighted by Gasteiger charge is 2.36. The number of aryl methyl sites for hydroxylation is 2. The largest absolute Gasteiger partial charge is 0.353 e. The third-order valence-electron chi connectivity index (χ3n) is 5.47. The normalized spacial score (nSPS) is 16.1. The lowest BCUT2D eigenvalue weighted by atomic mass is 10.1. The summed E-state index contributed by atoms with van der Waals surface area (Å²) in [6.45, 7) is 3.46. The van der Waals surface area contributed by atoms with Crippen LogP contribution in [0.4, 0.5) is 0 Å². The smallest absolute Gasteiger partial charge is 0.254 e. The Bertz CT molecular complexity index is 916. The third-order valence-corrected chi connectivity index (χ3v) is 5.47. The Morgan fingerprint density at radius 3 is 2.55 bits per heavy atom. The minimum atomic E-state index is -0.725. The average Bonchev–Trinajstić information content (AvgIpc) is 2.80. The Morgan fingerprint density at radius 2 is 1.84 bits per heavy atom. The van der Waals surface area contributed by atoms with Crippen LogP contribution in [0.15, 0.2) is 54.6 Å². The van der Waals surface area contributed by atoms with Crippen LogP contribution < -0.4 is 11.1 Å². The molecule has 0 aromatic heterocycles. The molecule has 1 fully saturated rings. The van der Waals surface area contributed by atoms with Crippen LogP contribution in [0.2, 0.25) is 0 Å². The predicted molar refractivity (Wildman–Crippen MR) is 119 cm³/mol. The molecular formula is C24H30N4O3. The first-order valence-corrected chi connectivity index (χ1v) is 10.7. The van der Waals surface area contributed by atoms with Gasteiger partial charge in [-0.25, -0.2) is 0 Å². The summed E-state index contributed by atoms with van der Waals surface area (Å²) in [4.78, 5) is 42.0. The lowest BCUT2D eigenvalue weighted by Crippen LogP contribution is -2.61. The number of carbonyl (C=O) groups is 3. The number of carbonyl (C=O) groups excluding carboxylic acids is 3. The molecule has 3 amide bonds. The maximum atomic E-state index is 13.0.